The molecule has 4 N–H and O–H groups in total. The number of hydrogen-bond donors (Lipinski definition) is 4. The Morgan fingerprint density at radius 2 is 1.81 bits per heavy atom. The summed E-state index contributed by atoms with van der Waals surface area (Å²) in [7, 11) is 2.53. The average molecular weight is 785 g/mol. The fourth-order valence-corrected chi connectivity index (χ4v) is 7.89. The number of hydrogen-bond acceptors (Lipinski definition) is 9. The molecule has 0 saturated carbocycles. The SMILES string of the molecule is CCCN(Cc1ncc(-c2ccc3c(c2)COc2cc4c(ccc5[nH]c([C@@H]6CCCN6C(=O)[C@H](NC(=O)OC)c6ccccc6)nc54)cc2-3)[nH]1)C(=O)CNC(=O)OC. The van der Waals surface area contributed by atoms with Crippen molar-refractivity contribution in [1.29, 1.82) is 0 Å². The minimum Gasteiger partial charge on any atom is -0.488 e. The zero-order valence-corrected chi connectivity index (χ0v) is 32.5. The first-order valence-corrected chi connectivity index (χ1v) is 19.3. The molecule has 15 nitrogen and oxygen atoms in total. The van der Waals surface area contributed by atoms with Crippen molar-refractivity contribution < 1.29 is 33.4 Å². The molecule has 1 saturated heterocycles. The number of methoxy groups -OCH3 is 2. The second-order valence-corrected chi connectivity index (χ2v) is 14.4. The minimum absolute atomic E-state index is 0.161. The van der Waals surface area contributed by atoms with E-state index in [9.17, 15) is 19.2 Å². The van der Waals surface area contributed by atoms with Crippen LogP contribution in [0.1, 0.15) is 61.0 Å². The molecule has 0 unspecified atom stereocenters. The van der Waals surface area contributed by atoms with E-state index in [-0.39, 0.29) is 30.9 Å². The van der Waals surface area contributed by atoms with E-state index in [2.05, 4.69) is 54.6 Å². The highest BCUT2D eigenvalue weighted by molar-refractivity contribution is 6.07. The number of nitrogens with one attached hydrogen (secondary N) is 4. The number of ether oxygens (including phenoxy) is 3. The highest BCUT2D eigenvalue weighted by atomic mass is 16.5. The summed E-state index contributed by atoms with van der Waals surface area (Å²) in [5.41, 5.74) is 7.15. The number of fused-ring (bicyclic) bond motifs is 6. The predicted molar refractivity (Wildman–Crippen MR) is 215 cm³/mol. The summed E-state index contributed by atoms with van der Waals surface area (Å²) in [6, 6.07) is 22.5. The molecule has 15 heteroatoms. The number of benzene rings is 4. The van der Waals surface area contributed by atoms with Crippen molar-refractivity contribution in [2.45, 2.75) is 51.4 Å². The lowest BCUT2D eigenvalue weighted by molar-refractivity contribution is -0.134. The molecule has 2 aromatic heterocycles. The molecule has 2 aliphatic rings. The highest BCUT2D eigenvalue weighted by Gasteiger charge is 2.37. The first-order chi connectivity index (χ1) is 28.2. The standard InChI is InChI=1S/C43H44N8O7/c1-4-16-50(37(52)22-45-42(54)56-2)23-36-44-21-33(46-36)27-12-14-29-28(18-27)24-58-35-20-30-26(19-31(29)35)13-15-32-39(30)48-40(47-32)34-11-8-17-51(34)41(53)38(49-43(55)57-3)25-9-6-5-7-10-25/h5-7,9-10,12-15,18-21,34,38H,4,8,11,16-17,22-24H2,1-3H3,(H,44,46)(H,45,54)(H,47,48)(H,49,55)/t34-,38+/m0/s1. The summed E-state index contributed by atoms with van der Waals surface area (Å²) in [5, 5.41) is 7.11. The number of nitrogens with zero attached hydrogens (tertiary/aromatic N) is 4. The lowest BCUT2D eigenvalue weighted by Crippen LogP contribution is -2.42. The first kappa shape index (κ1) is 38.0. The maximum atomic E-state index is 14.1. The number of carbonyl (C=O) groups is 4. The van der Waals surface area contributed by atoms with Crippen LogP contribution in [0.4, 0.5) is 9.59 Å². The van der Waals surface area contributed by atoms with Gasteiger partial charge in [-0.1, -0.05) is 55.5 Å². The van der Waals surface area contributed by atoms with Gasteiger partial charge in [0.2, 0.25) is 5.91 Å². The van der Waals surface area contributed by atoms with E-state index in [0.717, 1.165) is 74.8 Å². The van der Waals surface area contributed by atoms with Crippen LogP contribution >= 0.6 is 0 Å². The number of alkyl carbamates (subject to hydrolysis) is 2. The third kappa shape index (κ3) is 7.50. The Kier molecular flexibility index (Phi) is 10.7. The molecule has 0 aliphatic carbocycles. The molecule has 4 amide bonds. The number of rotatable bonds is 11. The first-order valence-electron chi connectivity index (χ1n) is 19.3. The molecule has 298 valence electrons. The van der Waals surface area contributed by atoms with E-state index in [1.807, 2.05) is 55.5 Å². The summed E-state index contributed by atoms with van der Waals surface area (Å²) < 4.78 is 15.8. The van der Waals surface area contributed by atoms with E-state index < -0.39 is 18.2 Å². The maximum Gasteiger partial charge on any atom is 0.407 e. The molecule has 58 heavy (non-hydrogen) atoms. The maximum absolute atomic E-state index is 14.1. The van der Waals surface area contributed by atoms with Gasteiger partial charge >= 0.3 is 12.2 Å². The summed E-state index contributed by atoms with van der Waals surface area (Å²) >= 11 is 0. The van der Waals surface area contributed by atoms with Crippen molar-refractivity contribution in [3.8, 4) is 28.1 Å². The van der Waals surface area contributed by atoms with Gasteiger partial charge in [0, 0.05) is 24.0 Å². The number of carbonyl (C=O) groups excluding carboxylic acids is 4. The fraction of sp³-hybridized carbons (Fsp3) is 0.302. The van der Waals surface area contributed by atoms with Crippen LogP contribution in [0.15, 0.2) is 79.0 Å². The molecule has 0 radical (unpaired) electrons. The van der Waals surface area contributed by atoms with Crippen LogP contribution in [0, 0.1) is 0 Å². The van der Waals surface area contributed by atoms with Gasteiger partial charge in [-0.3, -0.25) is 9.59 Å². The van der Waals surface area contributed by atoms with Crippen molar-refractivity contribution in [3.05, 3.63) is 102 Å². The van der Waals surface area contributed by atoms with Gasteiger partial charge in [0.15, 0.2) is 0 Å². The summed E-state index contributed by atoms with van der Waals surface area (Å²) in [6.45, 7) is 3.52. The Morgan fingerprint density at radius 1 is 0.983 bits per heavy atom. The number of imidazole rings is 2. The number of aromatic nitrogens is 4. The topological polar surface area (TPSA) is 184 Å². The van der Waals surface area contributed by atoms with Crippen LogP contribution in [-0.2, 0) is 32.2 Å². The Labute approximate surface area is 334 Å². The van der Waals surface area contributed by atoms with Crippen LogP contribution in [-0.4, -0.2) is 87.6 Å². The van der Waals surface area contributed by atoms with E-state index in [4.69, 9.17) is 14.5 Å². The molecule has 4 aromatic carbocycles. The van der Waals surface area contributed by atoms with Crippen molar-refractivity contribution >= 4 is 45.8 Å². The zero-order chi connectivity index (χ0) is 40.3. The van der Waals surface area contributed by atoms with Crippen LogP contribution in [0.25, 0.3) is 44.2 Å². The predicted octanol–water partition coefficient (Wildman–Crippen LogP) is 6.52. The van der Waals surface area contributed by atoms with Gasteiger partial charge < -0.3 is 44.6 Å². The van der Waals surface area contributed by atoms with E-state index >= 15 is 0 Å². The molecule has 0 spiro atoms. The molecular weight excluding hydrogens is 741 g/mol. The van der Waals surface area contributed by atoms with E-state index in [0.29, 0.717) is 36.9 Å². The largest absolute Gasteiger partial charge is 0.488 e. The summed E-state index contributed by atoms with van der Waals surface area (Å²) in [5.74, 6) is 1.63. The zero-order valence-electron chi connectivity index (χ0n) is 32.5. The van der Waals surface area contributed by atoms with Gasteiger partial charge in [0.05, 0.1) is 49.7 Å². The van der Waals surface area contributed by atoms with Crippen LogP contribution < -0.4 is 15.4 Å². The number of H-pyrrole nitrogens is 2. The summed E-state index contributed by atoms with van der Waals surface area (Å²) in [6.07, 6.45) is 2.71. The summed E-state index contributed by atoms with van der Waals surface area (Å²) in [4.78, 5) is 70.6. The number of aromatic amines is 2. The van der Waals surface area contributed by atoms with Crippen LogP contribution in [0.3, 0.4) is 0 Å². The van der Waals surface area contributed by atoms with Crippen molar-refractivity contribution in [1.82, 2.24) is 40.4 Å². The molecular formula is C43H44N8O7. The molecule has 0 bridgehead atoms. The van der Waals surface area contributed by atoms with Crippen molar-refractivity contribution in [2.75, 3.05) is 33.9 Å². The van der Waals surface area contributed by atoms with E-state index in [1.165, 1.54) is 14.2 Å². The Bertz CT molecular complexity index is 2510. The van der Waals surface area contributed by atoms with Gasteiger partial charge in [-0.2, -0.15) is 0 Å². The lowest BCUT2D eigenvalue weighted by atomic mass is 9.92. The van der Waals surface area contributed by atoms with E-state index in [1.54, 1.807) is 16.0 Å². The monoisotopic (exact) mass is 784 g/mol. The molecule has 6 aromatic rings. The van der Waals surface area contributed by atoms with Gasteiger partial charge in [-0.05, 0) is 71.2 Å². The normalized spacial score (nSPS) is 14.9. The van der Waals surface area contributed by atoms with Crippen molar-refractivity contribution in [3.63, 3.8) is 0 Å². The molecule has 2 atom stereocenters. The Morgan fingerprint density at radius 3 is 2.60 bits per heavy atom. The van der Waals surface area contributed by atoms with Gasteiger partial charge in [-0.25, -0.2) is 19.6 Å². The van der Waals surface area contributed by atoms with Gasteiger partial charge in [-0.15, -0.1) is 0 Å². The second-order valence-electron chi connectivity index (χ2n) is 14.4. The third-order valence-electron chi connectivity index (χ3n) is 10.7. The van der Waals surface area contributed by atoms with Crippen molar-refractivity contribution in [2.24, 2.45) is 0 Å². The molecule has 2 aliphatic heterocycles. The Balaban J connectivity index is 1.03. The minimum atomic E-state index is -0.901. The number of amides is 4. The second kappa shape index (κ2) is 16.3. The quantitative estimate of drug-likeness (QED) is 0.114. The molecule has 1 fully saturated rings. The van der Waals surface area contributed by atoms with Gasteiger partial charge in [0.25, 0.3) is 5.91 Å². The van der Waals surface area contributed by atoms with Crippen LogP contribution in [0.2, 0.25) is 0 Å². The molecule has 8 rings (SSSR count). The lowest BCUT2D eigenvalue weighted by Gasteiger charge is -2.28. The smallest absolute Gasteiger partial charge is 0.407 e. The van der Waals surface area contributed by atoms with Crippen LogP contribution in [0.5, 0.6) is 5.75 Å². The fourth-order valence-electron chi connectivity index (χ4n) is 7.89. The third-order valence-corrected chi connectivity index (χ3v) is 10.7. The molecule has 4 heterocycles. The number of likely N-dealkylation sites (tertiary alicyclic amines) is 1. The highest BCUT2D eigenvalue weighted by Crippen LogP contribution is 2.43. The van der Waals surface area contributed by atoms with Gasteiger partial charge in [0.1, 0.15) is 36.6 Å². The Hall–Kier alpha value is -6.90. The average Bonchev–Trinajstić information content (AvgIpc) is 4.04.